The minimum absolute atomic E-state index is 0.0226. The van der Waals surface area contributed by atoms with Gasteiger partial charge in [-0.2, -0.15) is 0 Å². The average molecular weight is 739 g/mol. The molecule has 0 fully saturated rings. The molecule has 0 bridgehead atoms. The maximum absolute atomic E-state index is 12.4. The number of phosphoric ester groups is 1. The maximum atomic E-state index is 12.4. The normalized spacial score (nSPS) is 15.2. The number of hydrogen-bond donors (Lipinski definition) is 4. The number of aliphatic hydroxyl groups excluding tert-OH is 2. The molecule has 0 aromatic rings. The van der Waals surface area contributed by atoms with Crippen molar-refractivity contribution in [1.29, 1.82) is 0 Å². The lowest BCUT2D eigenvalue weighted by molar-refractivity contribution is -0.161. The van der Waals surface area contributed by atoms with Gasteiger partial charge in [0.15, 0.2) is 6.10 Å². The molecule has 0 radical (unpaired) electrons. The second-order valence-corrected chi connectivity index (χ2v) is 14.1. The molecular weight excluding hydrogens is 671 g/mol. The molecule has 0 rings (SSSR count). The number of aliphatic hydroxyl groups is 2. The van der Waals surface area contributed by atoms with Gasteiger partial charge in [0, 0.05) is 12.8 Å². The van der Waals surface area contributed by atoms with Gasteiger partial charge < -0.3 is 29.5 Å². The van der Waals surface area contributed by atoms with Crippen LogP contribution in [-0.4, -0.2) is 63.5 Å². The summed E-state index contributed by atoms with van der Waals surface area (Å²) in [5.74, 6) is -0.269. The molecule has 1 unspecified atom stereocenters. The van der Waals surface area contributed by atoms with E-state index in [1.807, 2.05) is 42.5 Å². The number of allylic oxidation sites excluding steroid dienone is 8. The van der Waals surface area contributed by atoms with Gasteiger partial charge in [0.05, 0.1) is 18.8 Å². The first-order chi connectivity index (χ1) is 24.5. The van der Waals surface area contributed by atoms with E-state index in [0.29, 0.717) is 32.1 Å². The van der Waals surface area contributed by atoms with Crippen molar-refractivity contribution in [2.24, 2.45) is 5.92 Å². The van der Waals surface area contributed by atoms with Gasteiger partial charge in [-0.15, -0.1) is 0 Å². The molecule has 51 heavy (non-hydrogen) atoms. The summed E-state index contributed by atoms with van der Waals surface area (Å²) in [5.41, 5.74) is 0. The molecule has 0 saturated carbocycles. The Kier molecular flexibility index (Phi) is 31.6. The van der Waals surface area contributed by atoms with Crippen LogP contribution in [0.4, 0.5) is 0 Å². The third kappa shape index (κ3) is 35.6. The summed E-state index contributed by atoms with van der Waals surface area (Å²) >= 11 is 0. The Morgan fingerprint density at radius 1 is 0.706 bits per heavy atom. The van der Waals surface area contributed by atoms with Gasteiger partial charge >= 0.3 is 19.8 Å². The fourth-order valence-corrected chi connectivity index (χ4v) is 5.09. The van der Waals surface area contributed by atoms with Crippen LogP contribution in [0, 0.1) is 5.92 Å². The maximum Gasteiger partial charge on any atom is 0.469 e. The summed E-state index contributed by atoms with van der Waals surface area (Å²) in [6.07, 6.45) is 34.2. The fraction of sp³-hybridized carbons (Fsp3) is 0.650. The second-order valence-electron chi connectivity index (χ2n) is 12.8. The first-order valence-corrected chi connectivity index (χ1v) is 20.4. The molecule has 0 aliphatic heterocycles. The molecule has 0 heterocycles. The van der Waals surface area contributed by atoms with Gasteiger partial charge in [-0.05, 0) is 44.4 Å². The fourth-order valence-electron chi connectivity index (χ4n) is 4.73. The van der Waals surface area contributed by atoms with Crippen LogP contribution in [0.2, 0.25) is 0 Å². The van der Waals surface area contributed by atoms with Crippen LogP contribution in [0.25, 0.3) is 0 Å². The van der Waals surface area contributed by atoms with Crippen LogP contribution in [0.3, 0.4) is 0 Å². The Bertz CT molecular complexity index is 1100. The van der Waals surface area contributed by atoms with Crippen LogP contribution in [0.1, 0.15) is 130 Å². The Balaban J connectivity index is 4.29. The van der Waals surface area contributed by atoms with Crippen molar-refractivity contribution in [1.82, 2.24) is 0 Å². The largest absolute Gasteiger partial charge is 0.469 e. The van der Waals surface area contributed by atoms with E-state index in [-0.39, 0.29) is 19.4 Å². The third-order valence-electron chi connectivity index (χ3n) is 7.95. The smallest absolute Gasteiger partial charge is 0.462 e. The third-order valence-corrected chi connectivity index (χ3v) is 8.44. The molecule has 0 aromatic carbocycles. The number of phosphoric acid groups is 1. The van der Waals surface area contributed by atoms with E-state index in [4.69, 9.17) is 19.3 Å². The predicted octanol–water partition coefficient (Wildman–Crippen LogP) is 8.92. The molecule has 4 atom stereocenters. The molecule has 292 valence electrons. The molecule has 10 nitrogen and oxygen atoms in total. The van der Waals surface area contributed by atoms with Crippen LogP contribution in [0.5, 0.6) is 0 Å². The van der Waals surface area contributed by atoms with Crippen molar-refractivity contribution in [2.45, 2.75) is 148 Å². The van der Waals surface area contributed by atoms with E-state index in [0.717, 1.165) is 31.6 Å². The summed E-state index contributed by atoms with van der Waals surface area (Å²) in [6.45, 7) is 5.62. The Morgan fingerprint density at radius 2 is 1.33 bits per heavy atom. The Labute approximate surface area is 307 Å². The molecule has 0 aromatic heterocycles. The summed E-state index contributed by atoms with van der Waals surface area (Å²) in [5, 5.41) is 19.9. The molecule has 0 amide bonds. The number of carbonyl (C=O) groups excluding carboxylic acids is 2. The van der Waals surface area contributed by atoms with E-state index >= 15 is 0 Å². The summed E-state index contributed by atoms with van der Waals surface area (Å²) in [7, 11) is -4.81. The zero-order valence-corrected chi connectivity index (χ0v) is 32.3. The second kappa shape index (κ2) is 33.3. The zero-order chi connectivity index (χ0) is 38.0. The zero-order valence-electron chi connectivity index (χ0n) is 31.4. The quantitative estimate of drug-likeness (QED) is 0.0173. The number of carbonyl (C=O) groups is 2. The number of ether oxygens (including phenoxy) is 2. The van der Waals surface area contributed by atoms with E-state index < -0.39 is 44.7 Å². The van der Waals surface area contributed by atoms with E-state index in [1.54, 1.807) is 30.4 Å². The predicted molar refractivity (Wildman–Crippen MR) is 205 cm³/mol. The topological polar surface area (TPSA) is 160 Å². The highest BCUT2D eigenvalue weighted by atomic mass is 31.2. The molecule has 0 aliphatic carbocycles. The van der Waals surface area contributed by atoms with Gasteiger partial charge in [0.25, 0.3) is 0 Å². The number of esters is 2. The lowest BCUT2D eigenvalue weighted by Crippen LogP contribution is -2.29. The van der Waals surface area contributed by atoms with Crippen molar-refractivity contribution in [2.75, 3.05) is 13.2 Å². The monoisotopic (exact) mass is 738 g/mol. The van der Waals surface area contributed by atoms with Gasteiger partial charge in [-0.25, -0.2) is 4.57 Å². The van der Waals surface area contributed by atoms with Gasteiger partial charge in [0.2, 0.25) is 0 Å². The highest BCUT2D eigenvalue weighted by Gasteiger charge is 2.22. The molecule has 0 aliphatic rings. The van der Waals surface area contributed by atoms with Crippen LogP contribution in [-0.2, 0) is 28.2 Å². The van der Waals surface area contributed by atoms with E-state index in [2.05, 4.69) is 25.3 Å². The highest BCUT2D eigenvalue weighted by Crippen LogP contribution is 2.36. The lowest BCUT2D eigenvalue weighted by atomic mass is 9.99. The minimum atomic E-state index is -4.81. The lowest BCUT2D eigenvalue weighted by Gasteiger charge is -2.18. The summed E-state index contributed by atoms with van der Waals surface area (Å²) in [6, 6.07) is 0. The summed E-state index contributed by atoms with van der Waals surface area (Å²) in [4.78, 5) is 42.7. The van der Waals surface area contributed by atoms with Gasteiger partial charge in [-0.3, -0.25) is 14.1 Å². The summed E-state index contributed by atoms with van der Waals surface area (Å²) < 4.78 is 26.2. The molecular formula is C40H67O10P. The van der Waals surface area contributed by atoms with Crippen LogP contribution >= 0.6 is 7.82 Å². The van der Waals surface area contributed by atoms with Gasteiger partial charge in [0.1, 0.15) is 6.61 Å². The number of unbranched alkanes of at least 4 members (excludes halogenated alkanes) is 8. The molecule has 0 saturated heterocycles. The molecule has 11 heteroatoms. The highest BCUT2D eigenvalue weighted by molar-refractivity contribution is 7.46. The first-order valence-electron chi connectivity index (χ1n) is 18.9. The standard InChI is InChI=1S/C40H67O10P/c1-4-6-19-27-36(41)28-21-15-11-9-12-16-22-29-37(42)30-23-18-25-32-40(44)50-38(34-49-51(45,46)47)33-48-39(43)31-24-17-13-8-7-10-14-20-26-35(3)5-2/h6,11-12,15-16,19,21-23,28-30,35-38,41-42H,4-5,7-10,13-14,17-18,20,24-27,31-34H2,1-3H3,(H2,45,46,47)/b15-11-,16-12-,19-6-,28-21+,29-22+,30-23-/t35?,36-,37-,38+/m0/s1. The van der Waals surface area contributed by atoms with Crippen molar-refractivity contribution in [3.63, 3.8) is 0 Å². The van der Waals surface area contributed by atoms with Crippen molar-refractivity contribution in [3.8, 4) is 0 Å². The van der Waals surface area contributed by atoms with E-state index in [1.165, 1.54) is 38.5 Å². The average Bonchev–Trinajstić information content (AvgIpc) is 3.08. The number of hydrogen-bond acceptors (Lipinski definition) is 8. The first kappa shape index (κ1) is 48.4. The van der Waals surface area contributed by atoms with Crippen molar-refractivity contribution in [3.05, 3.63) is 72.9 Å². The van der Waals surface area contributed by atoms with E-state index in [9.17, 15) is 24.4 Å². The van der Waals surface area contributed by atoms with Crippen molar-refractivity contribution >= 4 is 19.8 Å². The van der Waals surface area contributed by atoms with Gasteiger partial charge in [-0.1, -0.05) is 151 Å². The number of rotatable bonds is 32. The Morgan fingerprint density at radius 3 is 1.98 bits per heavy atom. The van der Waals surface area contributed by atoms with Crippen LogP contribution in [0.15, 0.2) is 72.9 Å². The minimum Gasteiger partial charge on any atom is -0.462 e. The Hall–Kier alpha value is -2.59. The molecule has 4 N–H and O–H groups in total. The van der Waals surface area contributed by atoms with Crippen LogP contribution < -0.4 is 0 Å². The van der Waals surface area contributed by atoms with Crippen molar-refractivity contribution < 1.29 is 48.2 Å². The SMILES string of the molecule is CC/C=C\C[C@H](O)/C=C/C=C\C/C=C\C=C\[C@H](O)/C=C\CCCC(=O)O[C@H](COC(=O)CCCCCCCCCCC(C)CC)COP(=O)(O)O. The molecule has 0 spiro atoms.